The molecule has 19 heavy (non-hydrogen) atoms. The van der Waals surface area contributed by atoms with Crippen molar-refractivity contribution in [2.75, 3.05) is 18.9 Å². The monoisotopic (exact) mass is 260 g/mol. The average molecular weight is 260 g/mol. The Kier molecular flexibility index (Phi) is 5.42. The minimum atomic E-state index is -0.467. The molecular formula is C14H16N2O3. The van der Waals surface area contributed by atoms with Crippen LogP contribution in [0.4, 0.5) is 5.69 Å². The molecule has 1 aromatic carbocycles. The molecule has 0 aliphatic rings. The zero-order valence-electron chi connectivity index (χ0n) is 10.9. The van der Waals surface area contributed by atoms with Gasteiger partial charge < -0.3 is 15.8 Å². The number of nitrogen functional groups attached to an aromatic ring is 1. The fraction of sp³-hybridized carbons (Fsp3) is 0.286. The molecule has 1 amide bonds. The van der Waals surface area contributed by atoms with Crippen LogP contribution < -0.4 is 11.1 Å². The highest BCUT2D eigenvalue weighted by atomic mass is 16.5. The highest BCUT2D eigenvalue weighted by Crippen LogP contribution is 2.14. The zero-order chi connectivity index (χ0) is 14.3. The Bertz CT molecular complexity index is 541. The Labute approximate surface area is 112 Å². The van der Waals surface area contributed by atoms with Crippen molar-refractivity contribution in [3.63, 3.8) is 0 Å². The lowest BCUT2D eigenvalue weighted by molar-refractivity contribution is -0.118. The highest BCUT2D eigenvalue weighted by molar-refractivity contribution is 5.95. The summed E-state index contributed by atoms with van der Waals surface area (Å²) in [4.78, 5) is 22.3. The number of anilines is 1. The van der Waals surface area contributed by atoms with E-state index in [1.807, 2.05) is 0 Å². The second-order valence-electron chi connectivity index (χ2n) is 3.73. The number of esters is 1. The van der Waals surface area contributed by atoms with Gasteiger partial charge in [-0.15, -0.1) is 0 Å². The number of hydrogen-bond acceptors (Lipinski definition) is 4. The number of carbonyl (C=O) groups is 2. The number of nitrogens with one attached hydrogen (secondary N) is 1. The maximum atomic E-state index is 11.6. The zero-order valence-corrected chi connectivity index (χ0v) is 10.9. The minimum absolute atomic E-state index is 0.140. The van der Waals surface area contributed by atoms with E-state index in [4.69, 9.17) is 10.5 Å². The molecule has 0 heterocycles. The van der Waals surface area contributed by atoms with Gasteiger partial charge in [0, 0.05) is 18.2 Å². The summed E-state index contributed by atoms with van der Waals surface area (Å²) in [5.74, 6) is 5.01. The van der Waals surface area contributed by atoms with Crippen LogP contribution in [0.3, 0.4) is 0 Å². The van der Waals surface area contributed by atoms with Gasteiger partial charge in [-0.1, -0.05) is 11.8 Å². The van der Waals surface area contributed by atoms with Crippen molar-refractivity contribution in [2.24, 2.45) is 0 Å². The fourth-order valence-electron chi connectivity index (χ4n) is 1.33. The Hall–Kier alpha value is -2.48. The molecule has 0 fully saturated rings. The first-order chi connectivity index (χ1) is 9.04. The Morgan fingerprint density at radius 2 is 2.16 bits per heavy atom. The van der Waals surface area contributed by atoms with E-state index in [0.717, 1.165) is 0 Å². The third kappa shape index (κ3) is 4.72. The predicted molar refractivity (Wildman–Crippen MR) is 72.4 cm³/mol. The molecule has 1 aromatic rings. The molecule has 0 aliphatic heterocycles. The molecule has 0 aliphatic carbocycles. The molecule has 0 unspecified atom stereocenters. The predicted octanol–water partition coefficient (Wildman–Crippen LogP) is 0.933. The summed E-state index contributed by atoms with van der Waals surface area (Å²) in [5, 5.41) is 2.56. The molecule has 100 valence electrons. The quantitative estimate of drug-likeness (QED) is 0.481. The van der Waals surface area contributed by atoms with Crippen molar-refractivity contribution in [2.45, 2.75) is 13.8 Å². The maximum absolute atomic E-state index is 11.6. The molecule has 0 radical (unpaired) electrons. The van der Waals surface area contributed by atoms with Crippen LogP contribution in [0.25, 0.3) is 0 Å². The van der Waals surface area contributed by atoms with Crippen LogP contribution in [0.2, 0.25) is 0 Å². The first kappa shape index (κ1) is 14.6. The van der Waals surface area contributed by atoms with Gasteiger partial charge >= 0.3 is 5.97 Å². The molecule has 0 aromatic heterocycles. The topological polar surface area (TPSA) is 81.4 Å². The summed E-state index contributed by atoms with van der Waals surface area (Å²) in [5.41, 5.74) is 7.00. The Morgan fingerprint density at radius 1 is 1.42 bits per heavy atom. The van der Waals surface area contributed by atoms with Crippen molar-refractivity contribution in [1.29, 1.82) is 0 Å². The fourth-order valence-corrected chi connectivity index (χ4v) is 1.33. The van der Waals surface area contributed by atoms with Crippen LogP contribution in [-0.2, 0) is 9.53 Å². The summed E-state index contributed by atoms with van der Waals surface area (Å²) >= 11 is 0. The van der Waals surface area contributed by atoms with E-state index in [0.29, 0.717) is 16.8 Å². The normalized spacial score (nSPS) is 9.16. The lowest BCUT2D eigenvalue weighted by Crippen LogP contribution is -2.19. The van der Waals surface area contributed by atoms with Crippen molar-refractivity contribution in [3.8, 4) is 11.8 Å². The van der Waals surface area contributed by atoms with Crippen LogP contribution in [0.5, 0.6) is 0 Å². The van der Waals surface area contributed by atoms with Crippen LogP contribution in [0.15, 0.2) is 18.2 Å². The van der Waals surface area contributed by atoms with Crippen LogP contribution in [0.1, 0.15) is 29.8 Å². The standard InChI is InChI=1S/C14H16N2O3/c1-3-19-14(18)12-9-11(6-7-13(12)15)5-4-8-16-10(2)17/h6-7,9H,3,8,15H2,1-2H3,(H,16,17). The van der Waals surface area contributed by atoms with Crippen molar-refractivity contribution in [1.82, 2.24) is 5.32 Å². The summed E-state index contributed by atoms with van der Waals surface area (Å²) in [7, 11) is 0. The first-order valence-corrected chi connectivity index (χ1v) is 5.84. The molecule has 0 saturated carbocycles. The van der Waals surface area contributed by atoms with Gasteiger partial charge in [0.15, 0.2) is 0 Å². The van der Waals surface area contributed by atoms with E-state index in [9.17, 15) is 9.59 Å². The summed E-state index contributed by atoms with van der Waals surface area (Å²) < 4.78 is 4.90. The molecule has 0 spiro atoms. The second kappa shape index (κ2) is 7.07. The largest absolute Gasteiger partial charge is 0.462 e. The lowest BCUT2D eigenvalue weighted by atomic mass is 10.1. The molecule has 0 atom stereocenters. The van der Waals surface area contributed by atoms with Gasteiger partial charge in [-0.2, -0.15) is 0 Å². The number of carbonyl (C=O) groups excluding carboxylic acids is 2. The summed E-state index contributed by atoms with van der Waals surface area (Å²) in [6.07, 6.45) is 0. The third-order valence-corrected chi connectivity index (χ3v) is 2.21. The van der Waals surface area contributed by atoms with Gasteiger partial charge in [0.05, 0.1) is 18.7 Å². The molecule has 1 rings (SSSR count). The Balaban J connectivity index is 2.84. The van der Waals surface area contributed by atoms with Gasteiger partial charge in [-0.3, -0.25) is 4.79 Å². The van der Waals surface area contributed by atoms with E-state index in [1.165, 1.54) is 6.92 Å². The average Bonchev–Trinajstić information content (AvgIpc) is 2.36. The number of ether oxygens (including phenoxy) is 1. The lowest BCUT2D eigenvalue weighted by Gasteiger charge is -2.05. The molecule has 3 N–H and O–H groups in total. The van der Waals surface area contributed by atoms with Gasteiger partial charge in [-0.05, 0) is 25.1 Å². The van der Waals surface area contributed by atoms with E-state index in [-0.39, 0.29) is 19.1 Å². The van der Waals surface area contributed by atoms with E-state index in [1.54, 1.807) is 25.1 Å². The second-order valence-corrected chi connectivity index (χ2v) is 3.73. The third-order valence-electron chi connectivity index (χ3n) is 2.21. The van der Waals surface area contributed by atoms with Crippen LogP contribution in [0, 0.1) is 11.8 Å². The molecule has 0 bridgehead atoms. The number of amides is 1. The number of nitrogens with two attached hydrogens (primary N) is 1. The molecule has 5 nitrogen and oxygen atoms in total. The first-order valence-electron chi connectivity index (χ1n) is 5.84. The van der Waals surface area contributed by atoms with Crippen molar-refractivity contribution < 1.29 is 14.3 Å². The van der Waals surface area contributed by atoms with Gasteiger partial charge in [0.25, 0.3) is 0 Å². The van der Waals surface area contributed by atoms with Crippen LogP contribution in [-0.4, -0.2) is 25.0 Å². The SMILES string of the molecule is CCOC(=O)c1cc(C#CCNC(C)=O)ccc1N. The van der Waals surface area contributed by atoms with Gasteiger partial charge in [0.1, 0.15) is 0 Å². The number of rotatable bonds is 3. The minimum Gasteiger partial charge on any atom is -0.462 e. The van der Waals surface area contributed by atoms with E-state index < -0.39 is 5.97 Å². The smallest absolute Gasteiger partial charge is 0.340 e. The molecule has 5 heteroatoms. The maximum Gasteiger partial charge on any atom is 0.340 e. The summed E-state index contributed by atoms with van der Waals surface area (Å²) in [6, 6.07) is 4.89. The van der Waals surface area contributed by atoms with Crippen molar-refractivity contribution >= 4 is 17.6 Å². The molecular weight excluding hydrogens is 244 g/mol. The highest BCUT2D eigenvalue weighted by Gasteiger charge is 2.10. The van der Waals surface area contributed by atoms with Crippen molar-refractivity contribution in [3.05, 3.63) is 29.3 Å². The van der Waals surface area contributed by atoms with Gasteiger partial charge in [0.2, 0.25) is 5.91 Å². The number of benzene rings is 1. The van der Waals surface area contributed by atoms with E-state index >= 15 is 0 Å². The van der Waals surface area contributed by atoms with E-state index in [2.05, 4.69) is 17.2 Å². The van der Waals surface area contributed by atoms with Gasteiger partial charge in [-0.25, -0.2) is 4.79 Å². The molecule has 0 saturated heterocycles. The van der Waals surface area contributed by atoms with Crippen LogP contribution >= 0.6 is 0 Å². The summed E-state index contributed by atoms with van der Waals surface area (Å²) in [6.45, 7) is 3.69. The Morgan fingerprint density at radius 3 is 2.79 bits per heavy atom. The number of hydrogen-bond donors (Lipinski definition) is 2.